The highest BCUT2D eigenvalue weighted by Gasteiger charge is 2.37. The minimum absolute atomic E-state index is 0.0201. The molecule has 0 aliphatic heterocycles. The third-order valence-corrected chi connectivity index (χ3v) is 4.86. The summed E-state index contributed by atoms with van der Waals surface area (Å²) in [7, 11) is 0. The molecule has 1 unspecified atom stereocenters. The van der Waals surface area contributed by atoms with Gasteiger partial charge in [-0.15, -0.1) is 0 Å². The van der Waals surface area contributed by atoms with Crippen LogP contribution in [0.25, 0.3) is 5.69 Å². The van der Waals surface area contributed by atoms with Gasteiger partial charge in [0.05, 0.1) is 29.5 Å². The molecule has 0 spiro atoms. The lowest BCUT2D eigenvalue weighted by molar-refractivity contribution is -0.121. The van der Waals surface area contributed by atoms with Crippen molar-refractivity contribution in [3.63, 3.8) is 0 Å². The summed E-state index contributed by atoms with van der Waals surface area (Å²) in [5.41, 5.74) is 2.71. The molecule has 0 saturated heterocycles. The molecule has 6 heteroatoms. The van der Waals surface area contributed by atoms with E-state index in [1.54, 1.807) is 28.8 Å². The molecule has 2 aromatic heterocycles. The first-order chi connectivity index (χ1) is 11.1. The Kier molecular flexibility index (Phi) is 4.71. The quantitative estimate of drug-likeness (QED) is 0.817. The molecule has 1 aliphatic carbocycles. The van der Waals surface area contributed by atoms with E-state index in [1.165, 1.54) is 0 Å². The molecule has 1 amide bonds. The number of carbonyl (C=O) groups excluding carboxylic acids is 1. The largest absolute Gasteiger partial charge is 0.306 e. The number of rotatable bonds is 6. The molecule has 2 aromatic rings. The SMILES string of the molecule is CSCC(C)C(=O)N(c1cn(-c2cccnc2)nc1C)C1CC1. The van der Waals surface area contributed by atoms with Crippen molar-refractivity contribution in [2.75, 3.05) is 16.9 Å². The van der Waals surface area contributed by atoms with E-state index >= 15 is 0 Å². The van der Waals surface area contributed by atoms with Crippen LogP contribution in [-0.4, -0.2) is 38.7 Å². The third-order valence-electron chi connectivity index (χ3n) is 4.03. The van der Waals surface area contributed by atoms with Gasteiger partial charge in [-0.2, -0.15) is 16.9 Å². The van der Waals surface area contributed by atoms with Crippen LogP contribution in [0.4, 0.5) is 5.69 Å². The van der Waals surface area contributed by atoms with Crippen molar-refractivity contribution in [2.24, 2.45) is 5.92 Å². The summed E-state index contributed by atoms with van der Waals surface area (Å²) in [6.45, 7) is 3.97. The number of nitrogens with zero attached hydrogens (tertiary/aromatic N) is 4. The number of thioether (sulfide) groups is 1. The predicted molar refractivity (Wildman–Crippen MR) is 94.2 cm³/mol. The van der Waals surface area contributed by atoms with Gasteiger partial charge in [0, 0.05) is 23.9 Å². The van der Waals surface area contributed by atoms with Gasteiger partial charge in [-0.25, -0.2) is 4.68 Å². The maximum Gasteiger partial charge on any atom is 0.231 e. The zero-order valence-corrected chi connectivity index (χ0v) is 14.6. The molecule has 0 radical (unpaired) electrons. The molecular weight excluding hydrogens is 308 g/mol. The number of hydrogen-bond donors (Lipinski definition) is 0. The summed E-state index contributed by atoms with van der Waals surface area (Å²) in [4.78, 5) is 19.0. The fourth-order valence-corrected chi connectivity index (χ4v) is 3.34. The van der Waals surface area contributed by atoms with Crippen molar-refractivity contribution >= 4 is 23.4 Å². The Hall–Kier alpha value is -1.82. The van der Waals surface area contributed by atoms with Crippen molar-refractivity contribution in [2.45, 2.75) is 32.7 Å². The molecule has 0 N–H and O–H groups in total. The van der Waals surface area contributed by atoms with Crippen LogP contribution in [0.3, 0.4) is 0 Å². The monoisotopic (exact) mass is 330 g/mol. The Bertz CT molecular complexity index is 681. The van der Waals surface area contributed by atoms with Crippen molar-refractivity contribution in [3.8, 4) is 5.69 Å². The Labute approximate surface area is 141 Å². The van der Waals surface area contributed by atoms with Crippen molar-refractivity contribution in [1.82, 2.24) is 14.8 Å². The second kappa shape index (κ2) is 6.74. The standard InChI is InChI=1S/C17H22N4OS/c1-12(11-23-3)17(22)21(14-6-7-14)16-10-20(19-13(16)2)15-5-4-8-18-9-15/h4-5,8-10,12,14H,6-7,11H2,1-3H3. The first-order valence-electron chi connectivity index (χ1n) is 7.90. The van der Waals surface area contributed by atoms with E-state index in [2.05, 4.69) is 10.1 Å². The zero-order chi connectivity index (χ0) is 16.4. The van der Waals surface area contributed by atoms with Crippen molar-refractivity contribution in [3.05, 3.63) is 36.4 Å². The summed E-state index contributed by atoms with van der Waals surface area (Å²) < 4.78 is 1.81. The summed E-state index contributed by atoms with van der Waals surface area (Å²) in [6.07, 6.45) is 9.66. The zero-order valence-electron chi connectivity index (χ0n) is 13.8. The molecule has 1 aliphatic rings. The lowest BCUT2D eigenvalue weighted by Gasteiger charge is -2.24. The van der Waals surface area contributed by atoms with E-state index in [-0.39, 0.29) is 11.8 Å². The topological polar surface area (TPSA) is 51.0 Å². The van der Waals surface area contributed by atoms with Crippen molar-refractivity contribution < 1.29 is 4.79 Å². The lowest BCUT2D eigenvalue weighted by Crippen LogP contribution is -2.38. The highest BCUT2D eigenvalue weighted by Crippen LogP contribution is 2.35. The smallest absolute Gasteiger partial charge is 0.231 e. The van der Waals surface area contributed by atoms with Crippen LogP contribution in [0.5, 0.6) is 0 Å². The van der Waals surface area contributed by atoms with Crippen LogP contribution < -0.4 is 4.90 Å². The molecule has 0 bridgehead atoms. The minimum atomic E-state index is 0.0201. The molecule has 5 nitrogen and oxygen atoms in total. The fourth-order valence-electron chi connectivity index (χ4n) is 2.70. The average molecular weight is 330 g/mol. The second-order valence-electron chi connectivity index (χ2n) is 6.05. The van der Waals surface area contributed by atoms with Crippen LogP contribution in [-0.2, 0) is 4.79 Å². The number of aromatic nitrogens is 3. The molecular formula is C17H22N4OS. The van der Waals surface area contributed by atoms with E-state index in [0.717, 1.165) is 35.7 Å². The normalized spacial score (nSPS) is 15.4. The highest BCUT2D eigenvalue weighted by atomic mass is 32.2. The van der Waals surface area contributed by atoms with Crippen LogP contribution in [0.15, 0.2) is 30.7 Å². The average Bonchev–Trinajstić information content (AvgIpc) is 3.32. The molecule has 122 valence electrons. The summed E-state index contributed by atoms with van der Waals surface area (Å²) in [5.74, 6) is 1.07. The maximum atomic E-state index is 12.9. The van der Waals surface area contributed by atoms with Crippen LogP contribution in [0, 0.1) is 12.8 Å². The van der Waals surface area contributed by atoms with Gasteiger partial charge in [0.2, 0.25) is 5.91 Å². The Morgan fingerprint density at radius 1 is 1.52 bits per heavy atom. The molecule has 2 heterocycles. The fraction of sp³-hybridized carbons (Fsp3) is 0.471. The molecule has 23 heavy (non-hydrogen) atoms. The van der Waals surface area contributed by atoms with Crippen LogP contribution in [0.2, 0.25) is 0 Å². The van der Waals surface area contributed by atoms with Crippen LogP contribution >= 0.6 is 11.8 Å². The maximum absolute atomic E-state index is 12.9. The number of hydrogen-bond acceptors (Lipinski definition) is 4. The molecule has 0 aromatic carbocycles. The number of carbonyl (C=O) groups is 1. The van der Waals surface area contributed by atoms with Gasteiger partial charge in [0.25, 0.3) is 0 Å². The minimum Gasteiger partial charge on any atom is -0.306 e. The van der Waals surface area contributed by atoms with E-state index in [9.17, 15) is 4.79 Å². The molecule has 1 saturated carbocycles. The predicted octanol–water partition coefficient (Wildman–Crippen LogP) is 3.07. The summed E-state index contributed by atoms with van der Waals surface area (Å²) in [5, 5.41) is 4.58. The first-order valence-corrected chi connectivity index (χ1v) is 9.30. The Morgan fingerprint density at radius 2 is 2.30 bits per heavy atom. The van der Waals surface area contributed by atoms with Crippen molar-refractivity contribution in [1.29, 1.82) is 0 Å². The number of anilines is 1. The van der Waals surface area contributed by atoms with E-state index in [1.807, 2.05) is 43.3 Å². The van der Waals surface area contributed by atoms with Gasteiger partial charge in [0.1, 0.15) is 0 Å². The van der Waals surface area contributed by atoms with Gasteiger partial charge in [-0.05, 0) is 38.2 Å². The molecule has 1 atom stereocenters. The van der Waals surface area contributed by atoms with Gasteiger partial charge in [-0.3, -0.25) is 9.78 Å². The Balaban J connectivity index is 1.92. The van der Waals surface area contributed by atoms with E-state index < -0.39 is 0 Å². The van der Waals surface area contributed by atoms with Gasteiger partial charge in [0.15, 0.2) is 0 Å². The molecule has 3 rings (SSSR count). The van der Waals surface area contributed by atoms with Crippen LogP contribution in [0.1, 0.15) is 25.5 Å². The van der Waals surface area contributed by atoms with Gasteiger partial charge < -0.3 is 4.90 Å². The summed E-state index contributed by atoms with van der Waals surface area (Å²) in [6, 6.07) is 4.18. The van der Waals surface area contributed by atoms with Gasteiger partial charge >= 0.3 is 0 Å². The number of amides is 1. The highest BCUT2D eigenvalue weighted by molar-refractivity contribution is 7.98. The number of pyridine rings is 1. The van der Waals surface area contributed by atoms with E-state index in [0.29, 0.717) is 6.04 Å². The molecule has 1 fully saturated rings. The first kappa shape index (κ1) is 16.1. The Morgan fingerprint density at radius 3 is 2.91 bits per heavy atom. The third kappa shape index (κ3) is 3.42. The second-order valence-corrected chi connectivity index (χ2v) is 6.96. The lowest BCUT2D eigenvalue weighted by atomic mass is 10.1. The van der Waals surface area contributed by atoms with E-state index in [4.69, 9.17) is 0 Å². The van der Waals surface area contributed by atoms with Gasteiger partial charge in [-0.1, -0.05) is 6.92 Å². The summed E-state index contributed by atoms with van der Waals surface area (Å²) >= 11 is 1.71. The number of aryl methyl sites for hydroxylation is 1.